The Balaban J connectivity index is 1.75. The van der Waals surface area contributed by atoms with E-state index in [0.717, 1.165) is 33.7 Å². The predicted octanol–water partition coefficient (Wildman–Crippen LogP) is 4.48. The first-order valence-corrected chi connectivity index (χ1v) is 9.02. The van der Waals surface area contributed by atoms with Crippen molar-refractivity contribution in [2.45, 2.75) is 19.4 Å². The average molecular weight is 371 g/mol. The van der Waals surface area contributed by atoms with E-state index in [4.69, 9.17) is 13.9 Å². The molecule has 6 nitrogen and oxygen atoms in total. The van der Waals surface area contributed by atoms with E-state index < -0.39 is 0 Å². The van der Waals surface area contributed by atoms with Crippen LogP contribution in [0.1, 0.15) is 34.5 Å². The van der Waals surface area contributed by atoms with Gasteiger partial charge in [0.15, 0.2) is 11.7 Å². The molecule has 6 heteroatoms. The fourth-order valence-corrected chi connectivity index (χ4v) is 3.64. The summed E-state index contributed by atoms with van der Waals surface area (Å²) in [6.45, 7) is 1.94. The first-order chi connectivity index (χ1) is 13.7. The highest BCUT2D eigenvalue weighted by Crippen LogP contribution is 2.40. The van der Waals surface area contributed by atoms with Gasteiger partial charge in [0.05, 0.1) is 29.6 Å². The Morgan fingerprint density at radius 1 is 1.04 bits per heavy atom. The van der Waals surface area contributed by atoms with E-state index in [9.17, 15) is 5.11 Å². The van der Waals surface area contributed by atoms with Gasteiger partial charge in [0, 0.05) is 11.1 Å². The number of phenols is 1. The number of fused-ring (bicyclic) bond motifs is 3. The first-order valence-electron chi connectivity index (χ1n) is 9.02. The van der Waals surface area contributed by atoms with Crippen LogP contribution in [0, 0.1) is 6.92 Å². The van der Waals surface area contributed by atoms with E-state index in [-0.39, 0.29) is 11.8 Å². The normalized spacial score (nSPS) is 15.5. The SMILES string of the molecule is Cc1noc2c1-c1ccccc1C(c1ccc(O)cc1)=NC2Cc1ncco1. The maximum absolute atomic E-state index is 9.69. The number of benzene rings is 2. The number of phenolic OH excluding ortho intramolecular Hbond substituents is 1. The third kappa shape index (κ3) is 2.70. The Bertz CT molecular complexity index is 1160. The molecule has 1 atom stereocenters. The molecule has 2 aromatic heterocycles. The topological polar surface area (TPSA) is 84.7 Å². The molecule has 2 aromatic carbocycles. The Morgan fingerprint density at radius 2 is 1.82 bits per heavy atom. The van der Waals surface area contributed by atoms with Crippen LogP contribution in [0.4, 0.5) is 0 Å². The maximum Gasteiger partial charge on any atom is 0.196 e. The van der Waals surface area contributed by atoms with Crippen LogP contribution in [0.25, 0.3) is 11.1 Å². The molecule has 5 rings (SSSR count). The van der Waals surface area contributed by atoms with Gasteiger partial charge in [-0.05, 0) is 36.8 Å². The van der Waals surface area contributed by atoms with E-state index in [1.807, 2.05) is 37.3 Å². The lowest BCUT2D eigenvalue weighted by atomic mass is 9.93. The number of oxazole rings is 1. The molecule has 0 fully saturated rings. The van der Waals surface area contributed by atoms with Gasteiger partial charge in [0.25, 0.3) is 0 Å². The van der Waals surface area contributed by atoms with Gasteiger partial charge in [-0.1, -0.05) is 29.4 Å². The Kier molecular flexibility index (Phi) is 3.83. The zero-order valence-electron chi connectivity index (χ0n) is 15.2. The van der Waals surface area contributed by atoms with E-state index in [2.05, 4.69) is 16.2 Å². The summed E-state index contributed by atoms with van der Waals surface area (Å²) < 4.78 is 11.2. The molecule has 1 aliphatic heterocycles. The zero-order valence-corrected chi connectivity index (χ0v) is 15.2. The van der Waals surface area contributed by atoms with Crippen molar-refractivity contribution in [2.24, 2.45) is 4.99 Å². The highest BCUT2D eigenvalue weighted by atomic mass is 16.5. The van der Waals surface area contributed by atoms with Crippen molar-refractivity contribution in [2.75, 3.05) is 0 Å². The third-order valence-corrected chi connectivity index (χ3v) is 4.92. The number of rotatable bonds is 3. The van der Waals surface area contributed by atoms with Crippen LogP contribution in [0.15, 0.2) is 74.9 Å². The summed E-state index contributed by atoms with van der Waals surface area (Å²) in [6.07, 6.45) is 3.64. The summed E-state index contributed by atoms with van der Waals surface area (Å²) in [5.41, 5.74) is 5.55. The standard InChI is InChI=1S/C22H17N3O3/c1-13-20-16-4-2-3-5-17(16)21(14-6-8-15(26)9-7-14)24-18(22(20)28-25-13)12-19-23-10-11-27-19/h2-11,18,26H,12H2,1H3. The lowest BCUT2D eigenvalue weighted by molar-refractivity contribution is 0.350. The molecule has 0 aliphatic carbocycles. The van der Waals surface area contributed by atoms with Gasteiger partial charge in [-0.2, -0.15) is 0 Å². The smallest absolute Gasteiger partial charge is 0.196 e. The maximum atomic E-state index is 9.69. The van der Waals surface area contributed by atoms with Gasteiger partial charge >= 0.3 is 0 Å². The molecule has 28 heavy (non-hydrogen) atoms. The lowest BCUT2D eigenvalue weighted by Crippen LogP contribution is -2.07. The van der Waals surface area contributed by atoms with Crippen molar-refractivity contribution in [1.29, 1.82) is 0 Å². The minimum absolute atomic E-state index is 0.217. The predicted molar refractivity (Wildman–Crippen MR) is 103 cm³/mol. The summed E-state index contributed by atoms with van der Waals surface area (Å²) >= 11 is 0. The largest absolute Gasteiger partial charge is 0.508 e. The van der Waals surface area contributed by atoms with Gasteiger partial charge in [-0.15, -0.1) is 0 Å². The van der Waals surface area contributed by atoms with Crippen LogP contribution in [0.3, 0.4) is 0 Å². The van der Waals surface area contributed by atoms with Crippen molar-refractivity contribution >= 4 is 5.71 Å². The van der Waals surface area contributed by atoms with Crippen molar-refractivity contribution in [1.82, 2.24) is 10.1 Å². The monoisotopic (exact) mass is 371 g/mol. The molecule has 0 saturated heterocycles. The molecule has 3 heterocycles. The molecule has 0 amide bonds. The van der Waals surface area contributed by atoms with Crippen molar-refractivity contribution < 1.29 is 14.0 Å². The molecule has 1 unspecified atom stereocenters. The Hall–Kier alpha value is -3.67. The average Bonchev–Trinajstić information content (AvgIpc) is 3.32. The summed E-state index contributed by atoms with van der Waals surface area (Å²) in [5.74, 6) is 1.51. The molecule has 138 valence electrons. The molecule has 0 bridgehead atoms. The Labute approximate surface area is 161 Å². The molecule has 0 spiro atoms. The summed E-state index contributed by atoms with van der Waals surface area (Å²) in [5, 5.41) is 13.9. The second kappa shape index (κ2) is 6.49. The minimum atomic E-state index is -0.328. The third-order valence-electron chi connectivity index (χ3n) is 4.92. The van der Waals surface area contributed by atoms with Gasteiger partial charge in [0.1, 0.15) is 18.1 Å². The van der Waals surface area contributed by atoms with E-state index in [1.165, 1.54) is 0 Å². The van der Waals surface area contributed by atoms with Gasteiger partial charge in [-0.25, -0.2) is 4.98 Å². The number of hydrogen-bond acceptors (Lipinski definition) is 6. The number of aromatic hydroxyl groups is 1. The zero-order chi connectivity index (χ0) is 19.1. The number of aromatic nitrogens is 2. The van der Waals surface area contributed by atoms with Crippen LogP contribution in [0.2, 0.25) is 0 Å². The number of nitrogens with zero attached hydrogens (tertiary/aromatic N) is 3. The number of aryl methyl sites for hydroxylation is 1. The van der Waals surface area contributed by atoms with Crippen LogP contribution >= 0.6 is 0 Å². The van der Waals surface area contributed by atoms with E-state index in [1.54, 1.807) is 24.6 Å². The second-order valence-corrected chi connectivity index (χ2v) is 6.72. The van der Waals surface area contributed by atoms with Crippen molar-refractivity contribution in [3.63, 3.8) is 0 Å². The van der Waals surface area contributed by atoms with Crippen LogP contribution < -0.4 is 0 Å². The van der Waals surface area contributed by atoms with Gasteiger partial charge in [-0.3, -0.25) is 4.99 Å². The van der Waals surface area contributed by atoms with Crippen molar-refractivity contribution in [3.05, 3.63) is 89.5 Å². The van der Waals surface area contributed by atoms with Crippen LogP contribution in [0.5, 0.6) is 5.75 Å². The molecule has 1 aliphatic rings. The minimum Gasteiger partial charge on any atom is -0.508 e. The molecular formula is C22H17N3O3. The van der Waals surface area contributed by atoms with Crippen LogP contribution in [-0.2, 0) is 6.42 Å². The lowest BCUT2D eigenvalue weighted by Gasteiger charge is -2.11. The van der Waals surface area contributed by atoms with E-state index >= 15 is 0 Å². The summed E-state index contributed by atoms with van der Waals surface area (Å²) in [4.78, 5) is 9.30. The summed E-state index contributed by atoms with van der Waals surface area (Å²) in [7, 11) is 0. The van der Waals surface area contributed by atoms with E-state index in [0.29, 0.717) is 18.1 Å². The van der Waals surface area contributed by atoms with Gasteiger partial charge < -0.3 is 14.0 Å². The number of aliphatic imine (C=N–C) groups is 1. The molecule has 4 aromatic rings. The molecule has 0 saturated carbocycles. The highest BCUT2D eigenvalue weighted by Gasteiger charge is 2.31. The quantitative estimate of drug-likeness (QED) is 0.574. The summed E-state index contributed by atoms with van der Waals surface area (Å²) in [6, 6.07) is 14.8. The highest BCUT2D eigenvalue weighted by molar-refractivity contribution is 6.17. The second-order valence-electron chi connectivity index (χ2n) is 6.72. The van der Waals surface area contributed by atoms with Crippen LogP contribution in [-0.4, -0.2) is 21.0 Å². The number of hydrogen-bond donors (Lipinski definition) is 1. The fourth-order valence-electron chi connectivity index (χ4n) is 3.64. The molecule has 0 radical (unpaired) electrons. The van der Waals surface area contributed by atoms with Crippen molar-refractivity contribution in [3.8, 4) is 16.9 Å². The fraction of sp³-hybridized carbons (Fsp3) is 0.136. The first kappa shape index (κ1) is 16.5. The Morgan fingerprint density at radius 3 is 2.57 bits per heavy atom. The van der Waals surface area contributed by atoms with Gasteiger partial charge in [0.2, 0.25) is 0 Å². The molecule has 1 N–H and O–H groups in total. The molecular weight excluding hydrogens is 354 g/mol.